The van der Waals surface area contributed by atoms with E-state index in [2.05, 4.69) is 21.2 Å². The molecule has 2 aliphatic rings. The van der Waals surface area contributed by atoms with Crippen molar-refractivity contribution in [3.63, 3.8) is 0 Å². The van der Waals surface area contributed by atoms with Crippen molar-refractivity contribution in [1.82, 2.24) is 15.1 Å². The first-order chi connectivity index (χ1) is 14.2. The Morgan fingerprint density at radius 3 is 2.72 bits per heavy atom. The zero-order valence-electron chi connectivity index (χ0n) is 16.4. The third-order valence-corrected chi connectivity index (χ3v) is 6.03. The molecule has 7 heteroatoms. The number of amides is 1. The number of para-hydroxylation sites is 1. The van der Waals surface area contributed by atoms with Crippen LogP contribution in [0.3, 0.4) is 0 Å². The minimum absolute atomic E-state index is 0.239. The molecule has 1 spiro atoms. The molecule has 0 radical (unpaired) electrons. The lowest BCUT2D eigenvalue weighted by atomic mass is 9.91. The number of hydrogen-bond donors (Lipinski definition) is 1. The largest absolute Gasteiger partial charge is 0.497 e. The number of ether oxygens (including phenoxy) is 2. The van der Waals surface area contributed by atoms with E-state index >= 15 is 0 Å². The Balaban J connectivity index is 1.25. The van der Waals surface area contributed by atoms with E-state index in [1.54, 1.807) is 12.0 Å². The van der Waals surface area contributed by atoms with Crippen molar-refractivity contribution in [2.45, 2.75) is 25.0 Å². The summed E-state index contributed by atoms with van der Waals surface area (Å²) in [4.78, 5) is 16.6. The summed E-state index contributed by atoms with van der Waals surface area (Å²) in [7, 11) is 1.66. The van der Waals surface area contributed by atoms with Gasteiger partial charge in [0.15, 0.2) is 0 Å². The van der Waals surface area contributed by atoms with Gasteiger partial charge in [0.1, 0.15) is 11.4 Å². The van der Waals surface area contributed by atoms with Crippen molar-refractivity contribution in [3.05, 3.63) is 54.2 Å². The van der Waals surface area contributed by atoms with Crippen LogP contribution in [0, 0.1) is 0 Å². The number of anilines is 1. The lowest BCUT2D eigenvalue weighted by Crippen LogP contribution is -2.46. The van der Waals surface area contributed by atoms with E-state index < -0.39 is 0 Å². The number of H-pyrrole nitrogens is 1. The molecule has 2 aliphatic heterocycles. The SMILES string of the molecule is COc1ccc2c(CN3CCC4(CC3)CN(c3ccccc3)C(=O)O4)n[nH]c2c1. The summed E-state index contributed by atoms with van der Waals surface area (Å²) in [5.41, 5.74) is 2.53. The third kappa shape index (κ3) is 3.31. The first kappa shape index (κ1) is 18.0. The van der Waals surface area contributed by atoms with E-state index in [0.717, 1.165) is 60.5 Å². The summed E-state index contributed by atoms with van der Waals surface area (Å²) in [5, 5.41) is 8.72. The minimum atomic E-state index is -0.384. The molecule has 0 aliphatic carbocycles. The fraction of sp³-hybridized carbons (Fsp3) is 0.364. The van der Waals surface area contributed by atoms with Crippen LogP contribution in [0.15, 0.2) is 48.5 Å². The Labute approximate surface area is 169 Å². The van der Waals surface area contributed by atoms with Crippen molar-refractivity contribution < 1.29 is 14.3 Å². The average Bonchev–Trinajstić information content (AvgIpc) is 3.31. The minimum Gasteiger partial charge on any atom is -0.497 e. The molecule has 7 nitrogen and oxygen atoms in total. The number of carbonyl (C=O) groups excluding carboxylic acids is 1. The van der Waals surface area contributed by atoms with E-state index in [9.17, 15) is 4.79 Å². The van der Waals surface area contributed by atoms with Crippen LogP contribution in [0.1, 0.15) is 18.5 Å². The zero-order chi connectivity index (χ0) is 19.8. The summed E-state index contributed by atoms with van der Waals surface area (Å²) in [6.07, 6.45) is 1.42. The molecular formula is C22H24N4O3. The van der Waals surface area contributed by atoms with Crippen LogP contribution in [-0.4, -0.2) is 53.5 Å². The van der Waals surface area contributed by atoms with Crippen LogP contribution in [-0.2, 0) is 11.3 Å². The van der Waals surface area contributed by atoms with Crippen LogP contribution >= 0.6 is 0 Å². The highest BCUT2D eigenvalue weighted by Crippen LogP contribution is 2.36. The second-order valence-electron chi connectivity index (χ2n) is 7.83. The zero-order valence-corrected chi connectivity index (χ0v) is 16.4. The van der Waals surface area contributed by atoms with E-state index in [1.807, 2.05) is 42.5 Å². The number of methoxy groups -OCH3 is 1. The first-order valence-electron chi connectivity index (χ1n) is 9.95. The molecule has 3 heterocycles. The molecule has 0 atom stereocenters. The van der Waals surface area contributed by atoms with E-state index in [4.69, 9.17) is 9.47 Å². The molecule has 150 valence electrons. The van der Waals surface area contributed by atoms with Crippen LogP contribution in [0.4, 0.5) is 10.5 Å². The highest BCUT2D eigenvalue weighted by atomic mass is 16.6. The highest BCUT2D eigenvalue weighted by molar-refractivity contribution is 5.90. The van der Waals surface area contributed by atoms with Gasteiger partial charge in [-0.15, -0.1) is 0 Å². The van der Waals surface area contributed by atoms with Gasteiger partial charge in [-0.1, -0.05) is 18.2 Å². The lowest BCUT2D eigenvalue weighted by Gasteiger charge is -2.37. The van der Waals surface area contributed by atoms with Gasteiger partial charge in [-0.2, -0.15) is 5.10 Å². The first-order valence-corrected chi connectivity index (χ1v) is 9.95. The van der Waals surface area contributed by atoms with Gasteiger partial charge in [0.25, 0.3) is 0 Å². The monoisotopic (exact) mass is 392 g/mol. The van der Waals surface area contributed by atoms with Crippen LogP contribution < -0.4 is 9.64 Å². The van der Waals surface area contributed by atoms with Gasteiger partial charge in [-0.05, 0) is 24.3 Å². The summed E-state index contributed by atoms with van der Waals surface area (Å²) >= 11 is 0. The number of piperidine rings is 1. The number of hydrogen-bond acceptors (Lipinski definition) is 5. The van der Waals surface area contributed by atoms with E-state index in [-0.39, 0.29) is 11.7 Å². The molecular weight excluding hydrogens is 368 g/mol. The molecule has 0 unspecified atom stereocenters. The molecule has 0 bridgehead atoms. The smallest absolute Gasteiger partial charge is 0.415 e. The van der Waals surface area contributed by atoms with Gasteiger partial charge in [0.2, 0.25) is 0 Å². The maximum Gasteiger partial charge on any atom is 0.415 e. The van der Waals surface area contributed by atoms with Crippen molar-refractivity contribution in [2.75, 3.05) is 31.6 Å². The number of carbonyl (C=O) groups is 1. The number of nitrogens with one attached hydrogen (secondary N) is 1. The topological polar surface area (TPSA) is 70.7 Å². The van der Waals surface area contributed by atoms with Crippen molar-refractivity contribution in [2.24, 2.45) is 0 Å². The number of rotatable bonds is 4. The maximum atomic E-state index is 12.5. The molecule has 29 heavy (non-hydrogen) atoms. The van der Waals surface area contributed by atoms with Crippen molar-refractivity contribution in [1.29, 1.82) is 0 Å². The summed E-state index contributed by atoms with van der Waals surface area (Å²) < 4.78 is 11.1. The van der Waals surface area contributed by atoms with Gasteiger partial charge in [0, 0.05) is 49.6 Å². The third-order valence-electron chi connectivity index (χ3n) is 6.03. The normalized spacial score (nSPS) is 19.1. The van der Waals surface area contributed by atoms with Gasteiger partial charge in [-0.25, -0.2) is 4.79 Å². The summed E-state index contributed by atoms with van der Waals surface area (Å²) in [6.45, 7) is 3.15. The maximum absolute atomic E-state index is 12.5. The molecule has 2 saturated heterocycles. The van der Waals surface area contributed by atoms with E-state index in [0.29, 0.717) is 6.54 Å². The predicted octanol–water partition coefficient (Wildman–Crippen LogP) is 3.56. The van der Waals surface area contributed by atoms with Crippen molar-refractivity contribution in [3.8, 4) is 5.75 Å². The fourth-order valence-corrected chi connectivity index (χ4v) is 4.32. The number of benzene rings is 2. The number of likely N-dealkylation sites (tertiary alicyclic amines) is 1. The highest BCUT2D eigenvalue weighted by Gasteiger charge is 2.47. The van der Waals surface area contributed by atoms with Gasteiger partial charge in [-0.3, -0.25) is 14.9 Å². The van der Waals surface area contributed by atoms with E-state index in [1.165, 1.54) is 0 Å². The van der Waals surface area contributed by atoms with Crippen molar-refractivity contribution >= 4 is 22.7 Å². The molecule has 0 saturated carbocycles. The Bertz CT molecular complexity index is 1020. The van der Waals surface area contributed by atoms with Crippen LogP contribution in [0.5, 0.6) is 5.75 Å². The number of aromatic amines is 1. The molecule has 2 fully saturated rings. The molecule has 5 rings (SSSR count). The predicted molar refractivity (Wildman–Crippen MR) is 110 cm³/mol. The number of fused-ring (bicyclic) bond motifs is 1. The van der Waals surface area contributed by atoms with Crippen LogP contribution in [0.2, 0.25) is 0 Å². The second-order valence-corrected chi connectivity index (χ2v) is 7.83. The van der Waals surface area contributed by atoms with Gasteiger partial charge in [0.05, 0.1) is 24.9 Å². The summed E-state index contributed by atoms with van der Waals surface area (Å²) in [5.74, 6) is 0.818. The molecule has 2 aromatic carbocycles. The quantitative estimate of drug-likeness (QED) is 0.735. The Kier molecular flexibility index (Phi) is 4.39. The molecule has 3 aromatic rings. The number of nitrogens with zero attached hydrogens (tertiary/aromatic N) is 3. The Morgan fingerprint density at radius 2 is 1.97 bits per heavy atom. The second kappa shape index (κ2) is 7.08. The lowest BCUT2D eigenvalue weighted by molar-refractivity contribution is -0.00115. The average molecular weight is 392 g/mol. The molecule has 1 N–H and O–H groups in total. The Morgan fingerprint density at radius 1 is 1.17 bits per heavy atom. The van der Waals surface area contributed by atoms with Gasteiger partial charge >= 0.3 is 6.09 Å². The van der Waals surface area contributed by atoms with Gasteiger partial charge < -0.3 is 9.47 Å². The van der Waals surface area contributed by atoms with Crippen LogP contribution in [0.25, 0.3) is 10.9 Å². The Hall–Kier alpha value is -3.06. The fourth-order valence-electron chi connectivity index (χ4n) is 4.32. The molecule has 1 amide bonds. The molecule has 1 aromatic heterocycles. The number of aromatic nitrogens is 2. The summed E-state index contributed by atoms with van der Waals surface area (Å²) in [6, 6.07) is 15.7. The standard InChI is InChI=1S/C22H24N4O3/c1-28-17-7-8-18-19(13-17)23-24-20(18)14-25-11-9-22(10-12-25)15-26(21(27)29-22)16-5-3-2-4-6-16/h2-8,13H,9-12,14-15H2,1H3,(H,23,24).